The maximum Gasteiger partial charge on any atom is 0.252 e. The van der Waals surface area contributed by atoms with Crippen LogP contribution in [-0.2, 0) is 0 Å². The Balaban J connectivity index is 0.00000196. The Kier molecular flexibility index (Phi) is 9.87. The van der Waals surface area contributed by atoms with Crippen LogP contribution in [0.25, 0.3) is 22.2 Å². The van der Waals surface area contributed by atoms with Crippen molar-refractivity contribution in [3.63, 3.8) is 0 Å². The first-order chi connectivity index (χ1) is 12.7. The predicted molar refractivity (Wildman–Crippen MR) is 120 cm³/mol. The van der Waals surface area contributed by atoms with Gasteiger partial charge in [-0.3, -0.25) is 9.78 Å². The largest absolute Gasteiger partial charge is 0.351 e. The number of hydrogen-bond donors (Lipinski definition) is 2. The van der Waals surface area contributed by atoms with E-state index < -0.39 is 0 Å². The SMILES string of the molecule is CCCNCCNC(=O)c1cc(-c2cccnc2)nc2ccc(C)cc12.Cl.Cl. The molecule has 0 fully saturated rings. The van der Waals surface area contributed by atoms with Gasteiger partial charge in [-0.15, -0.1) is 24.8 Å². The minimum Gasteiger partial charge on any atom is -0.351 e. The molecule has 0 radical (unpaired) electrons. The molecule has 0 atom stereocenters. The number of pyridine rings is 2. The van der Waals surface area contributed by atoms with E-state index in [-0.39, 0.29) is 30.7 Å². The van der Waals surface area contributed by atoms with Gasteiger partial charge in [0.25, 0.3) is 5.91 Å². The molecule has 0 aliphatic carbocycles. The third kappa shape index (κ3) is 5.89. The van der Waals surface area contributed by atoms with Gasteiger partial charge in [-0.1, -0.05) is 18.6 Å². The molecule has 5 nitrogen and oxygen atoms in total. The summed E-state index contributed by atoms with van der Waals surface area (Å²) in [6, 6.07) is 11.7. The first-order valence-corrected chi connectivity index (χ1v) is 8.99. The van der Waals surface area contributed by atoms with Gasteiger partial charge in [0, 0.05) is 36.4 Å². The number of aromatic nitrogens is 2. The van der Waals surface area contributed by atoms with Gasteiger partial charge >= 0.3 is 0 Å². The van der Waals surface area contributed by atoms with E-state index in [1.54, 1.807) is 12.4 Å². The number of hydrogen-bond acceptors (Lipinski definition) is 4. The Morgan fingerprint density at radius 2 is 1.89 bits per heavy atom. The normalized spacial score (nSPS) is 10.1. The second kappa shape index (κ2) is 11.6. The maximum absolute atomic E-state index is 12.8. The van der Waals surface area contributed by atoms with Crippen LogP contribution >= 0.6 is 24.8 Å². The molecule has 0 saturated heterocycles. The van der Waals surface area contributed by atoms with E-state index in [9.17, 15) is 4.79 Å². The van der Waals surface area contributed by atoms with E-state index in [0.717, 1.165) is 47.2 Å². The third-order valence-corrected chi connectivity index (χ3v) is 4.18. The first kappa shape index (κ1) is 23.8. The number of carbonyl (C=O) groups is 1. The highest BCUT2D eigenvalue weighted by Gasteiger charge is 2.14. The second-order valence-electron chi connectivity index (χ2n) is 6.32. The molecule has 2 aromatic heterocycles. The van der Waals surface area contributed by atoms with Gasteiger partial charge in [0.15, 0.2) is 0 Å². The lowest BCUT2D eigenvalue weighted by Crippen LogP contribution is -2.32. The number of fused-ring (bicyclic) bond motifs is 1. The van der Waals surface area contributed by atoms with E-state index in [2.05, 4.69) is 22.5 Å². The van der Waals surface area contributed by atoms with E-state index in [1.807, 2.05) is 43.3 Å². The third-order valence-electron chi connectivity index (χ3n) is 4.18. The number of rotatable bonds is 7. The molecule has 0 aliphatic rings. The number of benzene rings is 1. The lowest BCUT2D eigenvalue weighted by Gasteiger charge is -2.11. The molecular weight excluding hydrogens is 395 g/mol. The van der Waals surface area contributed by atoms with Gasteiger partial charge in [0.1, 0.15) is 0 Å². The first-order valence-electron chi connectivity index (χ1n) is 8.99. The van der Waals surface area contributed by atoms with Crippen LogP contribution in [0.5, 0.6) is 0 Å². The lowest BCUT2D eigenvalue weighted by atomic mass is 10.0. The van der Waals surface area contributed by atoms with E-state index in [0.29, 0.717) is 12.1 Å². The molecule has 3 rings (SSSR count). The van der Waals surface area contributed by atoms with Crippen LogP contribution in [-0.4, -0.2) is 35.5 Å². The fraction of sp³-hybridized carbons (Fsp3) is 0.286. The van der Waals surface area contributed by atoms with E-state index in [4.69, 9.17) is 4.98 Å². The van der Waals surface area contributed by atoms with Crippen molar-refractivity contribution in [1.29, 1.82) is 0 Å². The molecule has 3 aromatic rings. The zero-order valence-corrected chi connectivity index (χ0v) is 17.7. The smallest absolute Gasteiger partial charge is 0.252 e. The van der Waals surface area contributed by atoms with Gasteiger partial charge < -0.3 is 10.6 Å². The van der Waals surface area contributed by atoms with Gasteiger partial charge in [0.05, 0.1) is 16.8 Å². The van der Waals surface area contributed by atoms with Crippen LogP contribution < -0.4 is 10.6 Å². The summed E-state index contributed by atoms with van der Waals surface area (Å²) in [7, 11) is 0. The van der Waals surface area contributed by atoms with Crippen LogP contribution in [0.3, 0.4) is 0 Å². The zero-order valence-electron chi connectivity index (χ0n) is 16.1. The topological polar surface area (TPSA) is 66.9 Å². The van der Waals surface area contributed by atoms with Crippen molar-refractivity contribution in [3.05, 3.63) is 59.9 Å². The Morgan fingerprint density at radius 1 is 1.07 bits per heavy atom. The highest BCUT2D eigenvalue weighted by Crippen LogP contribution is 2.25. The van der Waals surface area contributed by atoms with Crippen molar-refractivity contribution in [2.75, 3.05) is 19.6 Å². The maximum atomic E-state index is 12.8. The summed E-state index contributed by atoms with van der Waals surface area (Å²) in [4.78, 5) is 21.7. The number of aryl methyl sites for hydroxylation is 1. The van der Waals surface area contributed by atoms with Crippen molar-refractivity contribution in [2.45, 2.75) is 20.3 Å². The van der Waals surface area contributed by atoms with E-state index in [1.165, 1.54) is 0 Å². The van der Waals surface area contributed by atoms with Crippen molar-refractivity contribution in [3.8, 4) is 11.3 Å². The van der Waals surface area contributed by atoms with Gasteiger partial charge in [-0.2, -0.15) is 0 Å². The Morgan fingerprint density at radius 3 is 2.61 bits per heavy atom. The molecule has 150 valence electrons. The fourth-order valence-electron chi connectivity index (χ4n) is 2.85. The van der Waals surface area contributed by atoms with Crippen LogP contribution in [0.2, 0.25) is 0 Å². The second-order valence-corrected chi connectivity index (χ2v) is 6.32. The molecule has 1 aromatic carbocycles. The number of halogens is 2. The molecule has 2 heterocycles. The summed E-state index contributed by atoms with van der Waals surface area (Å²) in [5.74, 6) is -0.0774. The summed E-state index contributed by atoms with van der Waals surface area (Å²) in [6.07, 6.45) is 4.57. The molecule has 7 heteroatoms. The average molecular weight is 421 g/mol. The number of nitrogens with one attached hydrogen (secondary N) is 2. The Labute approximate surface area is 178 Å². The van der Waals surface area contributed by atoms with Crippen molar-refractivity contribution < 1.29 is 4.79 Å². The van der Waals surface area contributed by atoms with Gasteiger partial charge in [-0.25, -0.2) is 4.98 Å². The fourth-order valence-corrected chi connectivity index (χ4v) is 2.85. The summed E-state index contributed by atoms with van der Waals surface area (Å²) < 4.78 is 0. The molecule has 0 aliphatic heterocycles. The highest BCUT2D eigenvalue weighted by atomic mass is 35.5. The highest BCUT2D eigenvalue weighted by molar-refractivity contribution is 6.07. The quantitative estimate of drug-likeness (QED) is 0.562. The number of amides is 1. The standard InChI is InChI=1S/C21H24N4O.2ClH/c1-3-8-22-10-11-24-21(26)18-13-20(16-5-4-9-23-14-16)25-19-7-6-15(2)12-17(18)19;;/h4-7,9,12-14,22H,3,8,10-11H2,1-2H3,(H,24,26);2*1H. The molecule has 0 unspecified atom stereocenters. The van der Waals surface area contributed by atoms with Crippen LogP contribution in [0, 0.1) is 6.92 Å². The Bertz CT molecular complexity index is 904. The van der Waals surface area contributed by atoms with Gasteiger partial charge in [-0.05, 0) is 50.2 Å². The van der Waals surface area contributed by atoms with Crippen molar-refractivity contribution in [1.82, 2.24) is 20.6 Å². The molecule has 0 saturated carbocycles. The van der Waals surface area contributed by atoms with E-state index >= 15 is 0 Å². The van der Waals surface area contributed by atoms with Crippen molar-refractivity contribution in [2.24, 2.45) is 0 Å². The molecule has 0 spiro atoms. The van der Waals surface area contributed by atoms with Crippen molar-refractivity contribution >= 4 is 41.6 Å². The van der Waals surface area contributed by atoms with Crippen LogP contribution in [0.15, 0.2) is 48.8 Å². The molecule has 28 heavy (non-hydrogen) atoms. The molecule has 2 N–H and O–H groups in total. The average Bonchev–Trinajstić information content (AvgIpc) is 2.67. The predicted octanol–water partition coefficient (Wildman–Crippen LogP) is 4.18. The monoisotopic (exact) mass is 420 g/mol. The Hall–Kier alpha value is -2.21. The number of nitrogens with zero attached hydrogens (tertiary/aromatic N) is 2. The van der Waals surface area contributed by atoms with Gasteiger partial charge in [0.2, 0.25) is 0 Å². The lowest BCUT2D eigenvalue weighted by molar-refractivity contribution is 0.0955. The summed E-state index contributed by atoms with van der Waals surface area (Å²) >= 11 is 0. The van der Waals surface area contributed by atoms with Crippen LogP contribution in [0.4, 0.5) is 0 Å². The molecule has 0 bridgehead atoms. The van der Waals surface area contributed by atoms with Crippen LogP contribution in [0.1, 0.15) is 29.3 Å². The summed E-state index contributed by atoms with van der Waals surface area (Å²) in [6.45, 7) is 6.45. The minimum atomic E-state index is -0.0774. The summed E-state index contributed by atoms with van der Waals surface area (Å²) in [5.41, 5.74) is 4.21. The number of carbonyl (C=O) groups excluding carboxylic acids is 1. The molecular formula is C21H26Cl2N4O. The summed E-state index contributed by atoms with van der Waals surface area (Å²) in [5, 5.41) is 7.17. The molecule has 1 amide bonds. The zero-order chi connectivity index (χ0) is 18.4. The minimum absolute atomic E-state index is 0.